The Labute approximate surface area is 192 Å². The van der Waals surface area contributed by atoms with Gasteiger partial charge in [0.25, 0.3) is 0 Å². The highest BCUT2D eigenvalue weighted by molar-refractivity contribution is 5.92. The highest BCUT2D eigenvalue weighted by Gasteiger charge is 2.44. The van der Waals surface area contributed by atoms with Crippen LogP contribution >= 0.6 is 0 Å². The Kier molecular flexibility index (Phi) is 7.36. The zero-order valence-corrected chi connectivity index (χ0v) is 20.2. The van der Waals surface area contributed by atoms with Crippen molar-refractivity contribution in [3.8, 4) is 11.5 Å². The first-order chi connectivity index (χ1) is 15.0. The van der Waals surface area contributed by atoms with Crippen LogP contribution in [0.2, 0.25) is 0 Å². The molecular formula is C27H38O5. The van der Waals surface area contributed by atoms with E-state index >= 15 is 0 Å². The average Bonchev–Trinajstić information content (AvgIpc) is 3.06. The van der Waals surface area contributed by atoms with Gasteiger partial charge in [-0.2, -0.15) is 0 Å². The van der Waals surface area contributed by atoms with Gasteiger partial charge in [0.05, 0.1) is 0 Å². The minimum Gasteiger partial charge on any atom is -0.489 e. The molecule has 0 amide bonds. The largest absolute Gasteiger partial charge is 0.489 e. The predicted octanol–water partition coefficient (Wildman–Crippen LogP) is 6.54. The third-order valence-electron chi connectivity index (χ3n) is 7.10. The van der Waals surface area contributed by atoms with Gasteiger partial charge in [-0.15, -0.1) is 0 Å². The topological polar surface area (TPSA) is 72.8 Å². The molecule has 0 saturated heterocycles. The van der Waals surface area contributed by atoms with Crippen LogP contribution in [0.4, 0.5) is 0 Å². The Morgan fingerprint density at radius 1 is 1.22 bits per heavy atom. The van der Waals surface area contributed by atoms with Gasteiger partial charge in [-0.3, -0.25) is 0 Å². The molecule has 1 aliphatic heterocycles. The van der Waals surface area contributed by atoms with Crippen LogP contribution < -0.4 is 9.47 Å². The van der Waals surface area contributed by atoms with E-state index < -0.39 is 11.9 Å². The van der Waals surface area contributed by atoms with Crippen LogP contribution in [-0.4, -0.2) is 23.1 Å². The molecule has 176 valence electrons. The molecule has 2 aliphatic rings. The number of unbranched alkanes of at least 4 members (excludes halogenated alkanes) is 3. The van der Waals surface area contributed by atoms with Gasteiger partial charge in [-0.1, -0.05) is 60.3 Å². The van der Waals surface area contributed by atoms with E-state index in [9.17, 15) is 9.59 Å². The molecule has 1 fully saturated rings. The summed E-state index contributed by atoms with van der Waals surface area (Å²) in [4.78, 5) is 23.2. The first-order valence-corrected chi connectivity index (χ1v) is 12.0. The number of hydrogen-bond donors (Lipinski definition) is 1. The molecule has 0 spiro atoms. The summed E-state index contributed by atoms with van der Waals surface area (Å²) < 4.78 is 12.2. The fraction of sp³-hybridized carbons (Fsp3) is 0.630. The molecule has 5 heteroatoms. The lowest BCUT2D eigenvalue weighted by Gasteiger charge is -2.36. The molecule has 5 nitrogen and oxygen atoms in total. The van der Waals surface area contributed by atoms with Crippen molar-refractivity contribution in [3.63, 3.8) is 0 Å². The lowest BCUT2D eigenvalue weighted by atomic mass is 9.70. The number of aliphatic carboxylic acids is 1. The monoisotopic (exact) mass is 442 g/mol. The summed E-state index contributed by atoms with van der Waals surface area (Å²) in [5, 5.41) is 8.84. The van der Waals surface area contributed by atoms with Crippen molar-refractivity contribution >= 4 is 11.9 Å². The van der Waals surface area contributed by atoms with Crippen molar-refractivity contribution in [2.24, 2.45) is 5.41 Å². The quantitative estimate of drug-likeness (QED) is 0.204. The number of carboxylic acids is 1. The normalized spacial score (nSPS) is 21.7. The molecule has 1 aromatic rings. The molecule has 1 heterocycles. The second-order valence-corrected chi connectivity index (χ2v) is 10.8. The van der Waals surface area contributed by atoms with Crippen LogP contribution in [0.1, 0.15) is 103 Å². The van der Waals surface area contributed by atoms with E-state index in [1.807, 2.05) is 6.07 Å². The Bertz CT molecular complexity index is 880. The van der Waals surface area contributed by atoms with E-state index in [1.54, 1.807) is 0 Å². The molecule has 2 unspecified atom stereocenters. The lowest BCUT2D eigenvalue weighted by molar-refractivity contribution is -0.133. The van der Waals surface area contributed by atoms with Crippen molar-refractivity contribution in [3.05, 3.63) is 35.4 Å². The van der Waals surface area contributed by atoms with E-state index in [0.29, 0.717) is 5.75 Å². The summed E-state index contributed by atoms with van der Waals surface area (Å²) in [6.45, 7) is 11.2. The third-order valence-corrected chi connectivity index (χ3v) is 7.10. The van der Waals surface area contributed by atoms with Gasteiger partial charge in [-0.25, -0.2) is 9.59 Å². The zero-order valence-electron chi connectivity index (χ0n) is 20.2. The maximum absolute atomic E-state index is 12.4. The number of ether oxygens (including phenoxy) is 2. The number of rotatable bonds is 9. The SMILES string of the molecule is CCCCCCC(C)(C)c1cc(OC(=O)C=CC(=O)O)c2c(c1)OC1CC(C)(C)CCC21. The van der Waals surface area contributed by atoms with Gasteiger partial charge in [0.1, 0.15) is 17.6 Å². The molecule has 2 atom stereocenters. The highest BCUT2D eigenvalue weighted by atomic mass is 16.5. The summed E-state index contributed by atoms with van der Waals surface area (Å²) in [5.74, 6) is -0.307. The number of carbonyl (C=O) groups is 2. The summed E-state index contributed by atoms with van der Waals surface area (Å²) in [6, 6.07) is 4.13. The minimum absolute atomic E-state index is 0.0861. The van der Waals surface area contributed by atoms with Crippen molar-refractivity contribution in [1.29, 1.82) is 0 Å². The number of carboxylic acid groups (broad SMARTS) is 1. The van der Waals surface area contributed by atoms with Crippen LogP contribution in [0.5, 0.6) is 11.5 Å². The van der Waals surface area contributed by atoms with Gasteiger partial charge >= 0.3 is 11.9 Å². The maximum Gasteiger partial charge on any atom is 0.336 e. The smallest absolute Gasteiger partial charge is 0.336 e. The second-order valence-electron chi connectivity index (χ2n) is 10.8. The van der Waals surface area contributed by atoms with E-state index in [0.717, 1.165) is 61.1 Å². The summed E-state index contributed by atoms with van der Waals surface area (Å²) >= 11 is 0. The first kappa shape index (κ1) is 24.3. The van der Waals surface area contributed by atoms with Gasteiger partial charge in [0, 0.05) is 23.6 Å². The van der Waals surface area contributed by atoms with Crippen LogP contribution in [-0.2, 0) is 15.0 Å². The van der Waals surface area contributed by atoms with Crippen LogP contribution in [0.3, 0.4) is 0 Å². The number of hydrogen-bond acceptors (Lipinski definition) is 4. The van der Waals surface area contributed by atoms with Crippen molar-refractivity contribution in [1.82, 2.24) is 0 Å². The Balaban J connectivity index is 1.93. The Hall–Kier alpha value is -2.30. The van der Waals surface area contributed by atoms with Gasteiger partial charge < -0.3 is 14.6 Å². The second kappa shape index (κ2) is 9.68. The molecule has 0 aromatic heterocycles. The highest BCUT2D eigenvalue weighted by Crippen LogP contribution is 2.54. The molecule has 32 heavy (non-hydrogen) atoms. The number of esters is 1. The van der Waals surface area contributed by atoms with Gasteiger partial charge in [-0.05, 0) is 54.2 Å². The minimum atomic E-state index is -1.17. The number of benzene rings is 1. The summed E-state index contributed by atoms with van der Waals surface area (Å²) in [7, 11) is 0. The van der Waals surface area contributed by atoms with E-state index in [1.165, 1.54) is 19.3 Å². The number of carbonyl (C=O) groups excluding carboxylic acids is 1. The van der Waals surface area contributed by atoms with Crippen molar-refractivity contribution in [2.75, 3.05) is 0 Å². The molecule has 1 aliphatic carbocycles. The molecule has 3 rings (SSSR count). The van der Waals surface area contributed by atoms with Gasteiger partial charge in [0.2, 0.25) is 0 Å². The zero-order chi connectivity index (χ0) is 23.5. The Morgan fingerprint density at radius 3 is 2.66 bits per heavy atom. The van der Waals surface area contributed by atoms with Crippen molar-refractivity contribution < 1.29 is 24.2 Å². The van der Waals surface area contributed by atoms with E-state index in [2.05, 4.69) is 40.7 Å². The molecule has 1 N–H and O–H groups in total. The first-order valence-electron chi connectivity index (χ1n) is 12.0. The molecule has 0 radical (unpaired) electrons. The van der Waals surface area contributed by atoms with Crippen LogP contribution in [0.15, 0.2) is 24.3 Å². The van der Waals surface area contributed by atoms with Crippen molar-refractivity contribution in [2.45, 2.75) is 103 Å². The standard InChI is InChI=1S/C27H38O5/c1-6-7-8-9-13-27(4,5)18-15-20-25(19-12-14-26(2,3)17-22(19)31-20)21(16-18)32-24(30)11-10-23(28)29/h10-11,15-16,19,22H,6-9,12-14,17H2,1-5H3,(H,28,29). The lowest BCUT2D eigenvalue weighted by Crippen LogP contribution is -2.32. The molecule has 1 aromatic carbocycles. The molecule has 0 bridgehead atoms. The third kappa shape index (κ3) is 5.73. The predicted molar refractivity (Wildman–Crippen MR) is 125 cm³/mol. The van der Waals surface area contributed by atoms with E-state index in [4.69, 9.17) is 14.6 Å². The fourth-order valence-electron chi connectivity index (χ4n) is 5.10. The summed E-state index contributed by atoms with van der Waals surface area (Å²) in [6.07, 6.45) is 10.7. The average molecular weight is 443 g/mol. The van der Waals surface area contributed by atoms with Crippen LogP contribution in [0.25, 0.3) is 0 Å². The summed E-state index contributed by atoms with van der Waals surface area (Å²) in [5.41, 5.74) is 2.20. The Morgan fingerprint density at radius 2 is 1.97 bits per heavy atom. The molecule has 1 saturated carbocycles. The van der Waals surface area contributed by atoms with Gasteiger partial charge in [0.15, 0.2) is 0 Å². The molecular weight excluding hydrogens is 404 g/mol. The van der Waals surface area contributed by atoms with E-state index in [-0.39, 0.29) is 22.9 Å². The maximum atomic E-state index is 12.4. The fourth-order valence-corrected chi connectivity index (χ4v) is 5.10. The van der Waals surface area contributed by atoms with Crippen LogP contribution in [0, 0.1) is 5.41 Å². The number of fused-ring (bicyclic) bond motifs is 3.